The van der Waals surface area contributed by atoms with Crippen molar-refractivity contribution in [2.24, 2.45) is 5.41 Å². The molecule has 0 saturated heterocycles. The molecule has 0 fully saturated rings. The van der Waals surface area contributed by atoms with Gasteiger partial charge in [0, 0.05) is 29.0 Å². The Bertz CT molecular complexity index is 1270. The number of hydrogen-bond donors (Lipinski definition) is 0. The van der Waals surface area contributed by atoms with Crippen LogP contribution in [0.4, 0.5) is 0 Å². The second-order valence-electron chi connectivity index (χ2n) is 9.65. The molecule has 0 spiro atoms. The van der Waals surface area contributed by atoms with Gasteiger partial charge in [0.2, 0.25) is 5.78 Å². The van der Waals surface area contributed by atoms with Gasteiger partial charge in [-0.1, -0.05) is 55.8 Å². The van der Waals surface area contributed by atoms with Gasteiger partial charge in [0.1, 0.15) is 17.3 Å². The van der Waals surface area contributed by atoms with E-state index in [4.69, 9.17) is 21.1 Å². The summed E-state index contributed by atoms with van der Waals surface area (Å²) < 4.78 is 12.3. The van der Waals surface area contributed by atoms with E-state index in [9.17, 15) is 9.59 Å². The van der Waals surface area contributed by atoms with E-state index in [1.54, 1.807) is 24.3 Å². The molecular formula is C29H25ClO4. The summed E-state index contributed by atoms with van der Waals surface area (Å²) in [7, 11) is 0. The van der Waals surface area contributed by atoms with Gasteiger partial charge in [-0.25, -0.2) is 0 Å². The van der Waals surface area contributed by atoms with Crippen LogP contribution in [0, 0.1) is 5.41 Å². The van der Waals surface area contributed by atoms with E-state index in [1.165, 1.54) is 0 Å². The van der Waals surface area contributed by atoms with Gasteiger partial charge in [-0.3, -0.25) is 9.59 Å². The highest BCUT2D eigenvalue weighted by Crippen LogP contribution is 2.50. The van der Waals surface area contributed by atoms with Crippen molar-refractivity contribution < 1.29 is 19.1 Å². The van der Waals surface area contributed by atoms with Crippen LogP contribution in [0.2, 0.25) is 5.02 Å². The topological polar surface area (TPSA) is 52.6 Å². The van der Waals surface area contributed by atoms with Crippen molar-refractivity contribution in [1.82, 2.24) is 0 Å². The Morgan fingerprint density at radius 2 is 1.65 bits per heavy atom. The highest BCUT2D eigenvalue weighted by molar-refractivity contribution is 6.30. The molecule has 3 aromatic carbocycles. The summed E-state index contributed by atoms with van der Waals surface area (Å²) in [5.41, 5.74) is 1.72. The molecule has 0 bridgehead atoms. The Hall–Kier alpha value is -3.37. The normalized spacial score (nSPS) is 21.1. The maximum absolute atomic E-state index is 13.6. The standard InChI is InChI=1S/C29H25ClO4/c1-29(2)16-23(31)26-24(17-29)34-28(27(32)18-11-13-20(30)14-12-18)25(26)19-7-6-10-22(15-19)33-21-8-4-3-5-9-21/h3-15,25,28H,16-17H2,1-2H3. The SMILES string of the molecule is CC1(C)CC(=O)C2=C(C1)OC(C(=O)c1ccc(Cl)cc1)C2c1cccc(Oc2ccccc2)c1. The van der Waals surface area contributed by atoms with Crippen molar-refractivity contribution >= 4 is 23.2 Å². The molecule has 5 rings (SSSR count). The van der Waals surface area contributed by atoms with Gasteiger partial charge in [0.25, 0.3) is 0 Å². The molecule has 3 aromatic rings. The van der Waals surface area contributed by atoms with Crippen LogP contribution in [0.3, 0.4) is 0 Å². The van der Waals surface area contributed by atoms with Crippen LogP contribution in [0.25, 0.3) is 0 Å². The van der Waals surface area contributed by atoms with Gasteiger partial charge < -0.3 is 9.47 Å². The number of halogens is 1. The third-order valence-corrected chi connectivity index (χ3v) is 6.60. The van der Waals surface area contributed by atoms with Crippen molar-refractivity contribution in [2.75, 3.05) is 0 Å². The lowest BCUT2D eigenvalue weighted by molar-refractivity contribution is -0.118. The first-order valence-corrected chi connectivity index (χ1v) is 11.7. The average Bonchev–Trinajstić information content (AvgIpc) is 3.18. The zero-order valence-electron chi connectivity index (χ0n) is 19.1. The van der Waals surface area contributed by atoms with E-state index < -0.39 is 12.0 Å². The first-order chi connectivity index (χ1) is 16.3. The fourth-order valence-electron chi connectivity index (χ4n) is 4.82. The Balaban J connectivity index is 1.55. The maximum atomic E-state index is 13.6. The number of benzene rings is 3. The van der Waals surface area contributed by atoms with Gasteiger partial charge in [0.05, 0.1) is 5.92 Å². The van der Waals surface area contributed by atoms with E-state index in [-0.39, 0.29) is 17.0 Å². The second-order valence-corrected chi connectivity index (χ2v) is 10.1. The molecule has 2 unspecified atom stereocenters. The lowest BCUT2D eigenvalue weighted by Gasteiger charge is -2.29. The number of hydrogen-bond acceptors (Lipinski definition) is 4. The van der Waals surface area contributed by atoms with Crippen LogP contribution >= 0.6 is 11.6 Å². The number of para-hydroxylation sites is 1. The minimum atomic E-state index is -0.823. The zero-order chi connectivity index (χ0) is 23.9. The van der Waals surface area contributed by atoms with Crippen LogP contribution in [0.1, 0.15) is 48.5 Å². The number of carbonyl (C=O) groups excluding carboxylic acids is 2. The average molecular weight is 473 g/mol. The fraction of sp³-hybridized carbons (Fsp3) is 0.241. The molecule has 0 amide bonds. The predicted molar refractivity (Wildman–Crippen MR) is 131 cm³/mol. The summed E-state index contributed by atoms with van der Waals surface area (Å²) in [6, 6.07) is 23.8. The summed E-state index contributed by atoms with van der Waals surface area (Å²) >= 11 is 6.03. The van der Waals surface area contributed by atoms with E-state index in [2.05, 4.69) is 13.8 Å². The molecule has 5 heteroatoms. The maximum Gasteiger partial charge on any atom is 0.204 e. The van der Waals surface area contributed by atoms with Crippen molar-refractivity contribution in [3.63, 3.8) is 0 Å². The molecular weight excluding hydrogens is 448 g/mol. The molecule has 1 heterocycles. The van der Waals surface area contributed by atoms with Gasteiger partial charge in [-0.2, -0.15) is 0 Å². The molecule has 0 radical (unpaired) electrons. The summed E-state index contributed by atoms with van der Waals surface area (Å²) in [5, 5.41) is 0.556. The second kappa shape index (κ2) is 8.77. The monoisotopic (exact) mass is 472 g/mol. The third kappa shape index (κ3) is 4.38. The number of carbonyl (C=O) groups is 2. The fourth-order valence-corrected chi connectivity index (χ4v) is 4.95. The summed E-state index contributed by atoms with van der Waals surface area (Å²) in [4.78, 5) is 26.9. The highest BCUT2D eigenvalue weighted by Gasteiger charge is 2.49. The van der Waals surface area contributed by atoms with Gasteiger partial charge in [-0.15, -0.1) is 0 Å². The van der Waals surface area contributed by atoms with Crippen LogP contribution in [-0.2, 0) is 9.53 Å². The van der Waals surface area contributed by atoms with Gasteiger partial charge >= 0.3 is 0 Å². The van der Waals surface area contributed by atoms with Crippen LogP contribution in [0.5, 0.6) is 11.5 Å². The number of ketones is 2. The van der Waals surface area contributed by atoms with Gasteiger partial charge in [0.15, 0.2) is 11.9 Å². The van der Waals surface area contributed by atoms with Crippen molar-refractivity contribution in [3.8, 4) is 11.5 Å². The molecule has 34 heavy (non-hydrogen) atoms. The first-order valence-electron chi connectivity index (χ1n) is 11.4. The Morgan fingerprint density at radius 1 is 0.941 bits per heavy atom. The molecule has 1 aliphatic heterocycles. The van der Waals surface area contributed by atoms with E-state index in [0.29, 0.717) is 46.3 Å². The Kier molecular flexibility index (Phi) is 5.78. The first kappa shape index (κ1) is 22.4. The number of Topliss-reactive ketones (excluding diaryl/α,β-unsaturated/α-hetero) is 2. The predicted octanol–water partition coefficient (Wildman–Crippen LogP) is 7.14. The summed E-state index contributed by atoms with van der Waals surface area (Å²) in [6.45, 7) is 4.10. The molecule has 0 aromatic heterocycles. The summed E-state index contributed by atoms with van der Waals surface area (Å²) in [5.74, 6) is 1.35. The highest BCUT2D eigenvalue weighted by atomic mass is 35.5. The van der Waals surface area contributed by atoms with E-state index in [1.807, 2.05) is 54.6 Å². The number of allylic oxidation sites excluding steroid dienone is 1. The molecule has 2 atom stereocenters. The molecule has 0 N–H and O–H groups in total. The Morgan fingerprint density at radius 3 is 2.38 bits per heavy atom. The van der Waals surface area contributed by atoms with Crippen LogP contribution in [-0.4, -0.2) is 17.7 Å². The van der Waals surface area contributed by atoms with Crippen molar-refractivity contribution in [3.05, 3.63) is 106 Å². The minimum Gasteiger partial charge on any atom is -0.485 e. The van der Waals surface area contributed by atoms with Crippen molar-refractivity contribution in [2.45, 2.75) is 38.7 Å². The lowest BCUT2D eigenvalue weighted by atomic mass is 9.72. The largest absolute Gasteiger partial charge is 0.485 e. The van der Waals surface area contributed by atoms with E-state index in [0.717, 1.165) is 5.56 Å². The molecule has 1 aliphatic carbocycles. The lowest BCUT2D eigenvalue weighted by Crippen LogP contribution is -2.29. The molecule has 4 nitrogen and oxygen atoms in total. The van der Waals surface area contributed by atoms with Gasteiger partial charge in [-0.05, 0) is 59.5 Å². The minimum absolute atomic E-state index is 0.0389. The van der Waals surface area contributed by atoms with Crippen molar-refractivity contribution in [1.29, 1.82) is 0 Å². The van der Waals surface area contributed by atoms with Crippen LogP contribution < -0.4 is 4.74 Å². The number of ether oxygens (including phenoxy) is 2. The van der Waals surface area contributed by atoms with E-state index >= 15 is 0 Å². The molecule has 2 aliphatic rings. The summed E-state index contributed by atoms with van der Waals surface area (Å²) in [6.07, 6.45) is 0.221. The Labute approximate surface area is 204 Å². The molecule has 0 saturated carbocycles. The smallest absolute Gasteiger partial charge is 0.204 e. The third-order valence-electron chi connectivity index (χ3n) is 6.35. The number of rotatable bonds is 5. The quantitative estimate of drug-likeness (QED) is 0.370. The van der Waals surface area contributed by atoms with Crippen LogP contribution in [0.15, 0.2) is 90.2 Å². The molecule has 172 valence electrons. The zero-order valence-corrected chi connectivity index (χ0v) is 19.8.